The lowest BCUT2D eigenvalue weighted by Crippen LogP contribution is -2.46. The van der Waals surface area contributed by atoms with Gasteiger partial charge in [-0.15, -0.1) is 3.97 Å². The minimum atomic E-state index is -5.13. The standard InChI is InChI=1S/C6H12O6.H3O7PS/c7-1-3(9)5(11)6(12)4(10)2-8;1-8(2,3)7-9(4,5)6/h1,3-6,8-12H,2H2;(H2,1,2,3)(H,4,5,6)/t3-,4-,5-,6-;/m1./s1. The van der Waals surface area contributed by atoms with Crippen molar-refractivity contribution in [1.82, 2.24) is 0 Å². The average Bonchev–Trinajstić information content (AvgIpc) is 2.31. The molecule has 0 amide bonds. The molecule has 0 aliphatic carbocycles. The van der Waals surface area contributed by atoms with Gasteiger partial charge in [0.15, 0.2) is 6.29 Å². The first-order chi connectivity index (χ1) is 9.25. The molecule has 0 rings (SSSR count). The highest BCUT2D eigenvalue weighted by atomic mass is 32.3. The Balaban J connectivity index is 0. The molecule has 0 spiro atoms. The van der Waals surface area contributed by atoms with Crippen LogP contribution in [0.15, 0.2) is 0 Å². The summed E-state index contributed by atoms with van der Waals surface area (Å²) in [6.07, 6.45) is -6.84. The molecule has 0 fully saturated rings. The largest absolute Gasteiger partial charge is 0.486 e. The van der Waals surface area contributed by atoms with Gasteiger partial charge in [0.1, 0.15) is 24.4 Å². The van der Waals surface area contributed by atoms with Crippen molar-refractivity contribution in [2.24, 2.45) is 0 Å². The number of carbonyl (C=O) groups excluding carboxylic acids is 1. The molecular weight excluding hydrogens is 343 g/mol. The van der Waals surface area contributed by atoms with Crippen LogP contribution in [0.3, 0.4) is 0 Å². The SMILES string of the molecule is O=C[C@@H](O)[C@@H](O)[C@H](O)[C@H](O)CO.O=P(O)(O)OS(=O)(=O)O. The molecule has 0 saturated carbocycles. The Kier molecular flexibility index (Phi) is 10.3. The van der Waals surface area contributed by atoms with Crippen LogP contribution in [0.2, 0.25) is 0 Å². The minimum Gasteiger partial charge on any atom is -0.394 e. The molecule has 0 aliphatic heterocycles. The van der Waals surface area contributed by atoms with Crippen LogP contribution in [0, 0.1) is 0 Å². The monoisotopic (exact) mass is 358 g/mol. The number of hydrogen-bond acceptors (Lipinski definition) is 10. The summed E-state index contributed by atoms with van der Waals surface area (Å²) in [4.78, 5) is 25.3. The van der Waals surface area contributed by atoms with E-state index in [0.29, 0.717) is 0 Å². The Hall–Kier alpha value is -0.510. The van der Waals surface area contributed by atoms with Crippen molar-refractivity contribution in [3.63, 3.8) is 0 Å². The Bertz CT molecular complexity index is 442. The minimum absolute atomic E-state index is 0.0258. The summed E-state index contributed by atoms with van der Waals surface area (Å²) in [6.45, 7) is -0.760. The molecule has 4 atom stereocenters. The highest BCUT2D eigenvalue weighted by Gasteiger charge is 2.29. The van der Waals surface area contributed by atoms with Crippen LogP contribution in [-0.4, -0.2) is 85.6 Å². The van der Waals surface area contributed by atoms with E-state index in [4.69, 9.17) is 39.9 Å². The molecule has 0 unspecified atom stereocenters. The third-order valence-electron chi connectivity index (χ3n) is 1.61. The van der Waals surface area contributed by atoms with Crippen molar-refractivity contribution in [3.8, 4) is 0 Å². The van der Waals surface area contributed by atoms with Crippen molar-refractivity contribution in [2.45, 2.75) is 24.4 Å². The quantitative estimate of drug-likeness (QED) is 0.122. The van der Waals surface area contributed by atoms with Crippen molar-refractivity contribution >= 4 is 24.5 Å². The van der Waals surface area contributed by atoms with Crippen LogP contribution < -0.4 is 0 Å². The van der Waals surface area contributed by atoms with Crippen LogP contribution in [0.5, 0.6) is 0 Å². The molecule has 0 saturated heterocycles. The molecule has 15 heteroatoms. The average molecular weight is 358 g/mol. The second kappa shape index (κ2) is 9.50. The molecule has 0 aromatic rings. The summed E-state index contributed by atoms with van der Waals surface area (Å²) in [5, 5.41) is 43.5. The first kappa shape index (κ1) is 22.8. The van der Waals surface area contributed by atoms with Gasteiger partial charge in [-0.05, 0) is 0 Å². The molecule has 128 valence electrons. The molecular formula is C6H15O13PS. The summed E-state index contributed by atoms with van der Waals surface area (Å²) in [5.74, 6) is 0. The van der Waals surface area contributed by atoms with Gasteiger partial charge in [-0.25, -0.2) is 4.57 Å². The molecule has 0 heterocycles. The van der Waals surface area contributed by atoms with Gasteiger partial charge >= 0.3 is 18.2 Å². The highest BCUT2D eigenvalue weighted by Crippen LogP contribution is 2.37. The van der Waals surface area contributed by atoms with Crippen LogP contribution in [0.25, 0.3) is 0 Å². The lowest BCUT2D eigenvalue weighted by molar-refractivity contribution is -0.136. The zero-order chi connectivity index (χ0) is 17.4. The summed E-state index contributed by atoms with van der Waals surface area (Å²) in [6, 6.07) is 0. The predicted octanol–water partition coefficient (Wildman–Crippen LogP) is -4.48. The number of carbonyl (C=O) groups is 1. The molecule has 0 radical (unpaired) electrons. The maximum absolute atomic E-state index is 9.90. The normalized spacial score (nSPS) is 17.9. The van der Waals surface area contributed by atoms with Crippen molar-refractivity contribution in [1.29, 1.82) is 0 Å². The molecule has 21 heavy (non-hydrogen) atoms. The van der Waals surface area contributed by atoms with E-state index >= 15 is 0 Å². The highest BCUT2D eigenvalue weighted by molar-refractivity contribution is 7.85. The predicted molar refractivity (Wildman–Crippen MR) is 61.9 cm³/mol. The third-order valence-corrected chi connectivity index (χ3v) is 3.14. The van der Waals surface area contributed by atoms with Gasteiger partial charge < -0.3 is 40.1 Å². The van der Waals surface area contributed by atoms with Gasteiger partial charge in [0.25, 0.3) is 0 Å². The second-order valence-corrected chi connectivity index (χ2v) is 5.78. The van der Waals surface area contributed by atoms with Gasteiger partial charge in [0, 0.05) is 0 Å². The van der Waals surface area contributed by atoms with E-state index in [2.05, 4.69) is 3.97 Å². The van der Waals surface area contributed by atoms with Gasteiger partial charge in [-0.2, -0.15) is 8.42 Å². The van der Waals surface area contributed by atoms with E-state index in [0.717, 1.165) is 0 Å². The molecule has 8 N–H and O–H groups in total. The van der Waals surface area contributed by atoms with Crippen LogP contribution >= 0.6 is 7.82 Å². The maximum Gasteiger partial charge on any atom is 0.486 e. The van der Waals surface area contributed by atoms with Crippen LogP contribution in [-0.2, 0) is 23.7 Å². The van der Waals surface area contributed by atoms with E-state index in [9.17, 15) is 17.8 Å². The second-order valence-electron chi connectivity index (χ2n) is 3.35. The maximum atomic E-state index is 9.90. The molecule has 13 nitrogen and oxygen atoms in total. The third kappa shape index (κ3) is 12.9. The smallest absolute Gasteiger partial charge is 0.394 e. The van der Waals surface area contributed by atoms with Crippen LogP contribution in [0.1, 0.15) is 0 Å². The van der Waals surface area contributed by atoms with Crippen molar-refractivity contribution in [2.75, 3.05) is 6.61 Å². The van der Waals surface area contributed by atoms with E-state index in [1.165, 1.54) is 0 Å². The van der Waals surface area contributed by atoms with E-state index < -0.39 is 49.2 Å². The van der Waals surface area contributed by atoms with E-state index in [1.807, 2.05) is 0 Å². The zero-order valence-electron chi connectivity index (χ0n) is 10.1. The van der Waals surface area contributed by atoms with E-state index in [-0.39, 0.29) is 6.29 Å². The van der Waals surface area contributed by atoms with E-state index in [1.54, 1.807) is 0 Å². The fourth-order valence-electron chi connectivity index (χ4n) is 0.741. The lowest BCUT2D eigenvalue weighted by atomic mass is 10.0. The summed E-state index contributed by atoms with van der Waals surface area (Å²) in [7, 11) is -10.2. The number of aliphatic hydroxyl groups excluding tert-OH is 5. The number of aldehydes is 1. The van der Waals surface area contributed by atoms with Gasteiger partial charge in [0.2, 0.25) is 0 Å². The van der Waals surface area contributed by atoms with Crippen molar-refractivity contribution in [3.05, 3.63) is 0 Å². The van der Waals surface area contributed by atoms with Crippen molar-refractivity contribution < 1.29 is 61.6 Å². The molecule has 0 aromatic carbocycles. The molecule has 0 aromatic heterocycles. The van der Waals surface area contributed by atoms with Gasteiger partial charge in [-0.1, -0.05) is 0 Å². The summed E-state index contributed by atoms with van der Waals surface area (Å²) < 4.78 is 39.0. The number of phosphoric acid groups is 1. The first-order valence-electron chi connectivity index (χ1n) is 4.77. The topological polar surface area (TPSA) is 239 Å². The fraction of sp³-hybridized carbons (Fsp3) is 0.833. The molecule has 0 bridgehead atoms. The fourth-order valence-corrected chi connectivity index (χ4v) is 1.72. The summed E-state index contributed by atoms with van der Waals surface area (Å²) in [5.41, 5.74) is 0. The Morgan fingerprint density at radius 1 is 1.10 bits per heavy atom. The Morgan fingerprint density at radius 3 is 1.71 bits per heavy atom. The molecule has 0 aliphatic rings. The lowest BCUT2D eigenvalue weighted by Gasteiger charge is -2.22. The zero-order valence-corrected chi connectivity index (χ0v) is 11.8. The van der Waals surface area contributed by atoms with Crippen LogP contribution in [0.4, 0.5) is 0 Å². The number of aliphatic hydroxyl groups is 5. The first-order valence-corrected chi connectivity index (χ1v) is 7.67. The number of hydrogen-bond donors (Lipinski definition) is 8. The van der Waals surface area contributed by atoms with Gasteiger partial charge in [0.05, 0.1) is 6.61 Å². The number of rotatable bonds is 7. The van der Waals surface area contributed by atoms with Gasteiger partial charge in [-0.3, -0.25) is 4.55 Å². The Morgan fingerprint density at radius 2 is 1.52 bits per heavy atom. The summed E-state index contributed by atoms with van der Waals surface area (Å²) >= 11 is 0. The Labute approximate surface area is 118 Å².